The smallest absolute Gasteiger partial charge is 0.249 e. The van der Waals surface area contributed by atoms with Gasteiger partial charge in [-0.25, -0.2) is 13.7 Å². The molecule has 0 saturated carbocycles. The summed E-state index contributed by atoms with van der Waals surface area (Å²) in [6.45, 7) is -2.14. The maximum Gasteiger partial charge on any atom is 0.372 e. The third-order valence-electron chi connectivity index (χ3n) is 2.55. The van der Waals surface area contributed by atoms with Crippen molar-refractivity contribution in [3.8, 4) is 0 Å². The van der Waals surface area contributed by atoms with Crippen LogP contribution in [-0.4, -0.2) is 35.6 Å². The molecular formula is C7H5F6N. The summed E-state index contributed by atoms with van der Waals surface area (Å²) >= 11 is 0. The zero-order valence-corrected chi connectivity index (χ0v) is 6.71. The molecule has 2 rings (SSSR count). The Labute approximate surface area is 75.0 Å². The molecule has 0 aliphatic carbocycles. The summed E-state index contributed by atoms with van der Waals surface area (Å²) in [4.78, 5) is -0.157. The second-order valence-corrected chi connectivity index (χ2v) is 3.41. The van der Waals surface area contributed by atoms with Crippen molar-refractivity contribution in [1.29, 1.82) is 0 Å². The summed E-state index contributed by atoms with van der Waals surface area (Å²) in [7, 11) is 0. The fraction of sp³-hybridized carbons (Fsp3) is 0.714. The molecule has 0 spiro atoms. The second kappa shape index (κ2) is 2.26. The first-order valence-electron chi connectivity index (χ1n) is 3.76. The van der Waals surface area contributed by atoms with Gasteiger partial charge in [-0.3, -0.25) is 0 Å². The molecule has 2 aliphatic heterocycles. The lowest BCUT2D eigenvalue weighted by Gasteiger charge is -2.31. The predicted molar refractivity (Wildman–Crippen MR) is 34.5 cm³/mol. The summed E-state index contributed by atoms with van der Waals surface area (Å²) in [5.74, 6) is -6.09. The molecule has 2 heterocycles. The van der Waals surface area contributed by atoms with E-state index < -0.39 is 42.6 Å². The number of fused-ring (bicyclic) bond motifs is 1. The molecule has 0 amide bonds. The van der Waals surface area contributed by atoms with Crippen LogP contribution in [-0.2, 0) is 0 Å². The Hall–Kier alpha value is -0.720. The summed E-state index contributed by atoms with van der Waals surface area (Å²) in [6.07, 6.45) is -0.490. The Morgan fingerprint density at radius 2 is 1.86 bits per heavy atom. The van der Waals surface area contributed by atoms with Gasteiger partial charge in [-0.15, -0.1) is 0 Å². The van der Waals surface area contributed by atoms with E-state index >= 15 is 0 Å². The normalized spacial score (nSPS) is 42.7. The van der Waals surface area contributed by atoms with Gasteiger partial charge in [-0.05, 0) is 0 Å². The van der Waals surface area contributed by atoms with Gasteiger partial charge >= 0.3 is 12.0 Å². The van der Waals surface area contributed by atoms with E-state index in [1.54, 1.807) is 0 Å². The minimum Gasteiger partial charge on any atom is -0.249 e. The molecule has 2 aliphatic rings. The number of alkyl halides is 5. The van der Waals surface area contributed by atoms with Crippen molar-refractivity contribution in [3.63, 3.8) is 0 Å². The van der Waals surface area contributed by atoms with Gasteiger partial charge < -0.3 is 0 Å². The van der Waals surface area contributed by atoms with Gasteiger partial charge in [0.15, 0.2) is 0 Å². The van der Waals surface area contributed by atoms with E-state index in [1.165, 1.54) is 0 Å². The maximum atomic E-state index is 12.9. The second-order valence-electron chi connectivity index (χ2n) is 3.41. The average molecular weight is 217 g/mol. The van der Waals surface area contributed by atoms with Gasteiger partial charge in [0.25, 0.3) is 0 Å². The van der Waals surface area contributed by atoms with Crippen LogP contribution in [0.4, 0.5) is 26.3 Å². The Morgan fingerprint density at radius 3 is 2.36 bits per heavy atom. The molecule has 0 aromatic carbocycles. The Bertz CT molecular complexity index is 311. The van der Waals surface area contributed by atoms with Crippen molar-refractivity contribution in [3.05, 3.63) is 11.9 Å². The van der Waals surface area contributed by atoms with Gasteiger partial charge in [-0.1, -0.05) is 0 Å². The highest BCUT2D eigenvalue weighted by atomic mass is 19.3. The standard InChI is InChI=1S/C7H5F6N/c8-2-5-3-14(5)7(12,13)6(10,11)1-4(5)9/h1H,2-3H2. The fourth-order valence-electron chi connectivity index (χ4n) is 1.54. The fourth-order valence-corrected chi connectivity index (χ4v) is 1.54. The van der Waals surface area contributed by atoms with Gasteiger partial charge in [0.1, 0.15) is 18.0 Å². The minimum absolute atomic E-state index is 0.157. The number of rotatable bonds is 1. The van der Waals surface area contributed by atoms with Crippen LogP contribution in [0.2, 0.25) is 0 Å². The molecule has 80 valence electrons. The van der Waals surface area contributed by atoms with Crippen molar-refractivity contribution < 1.29 is 26.3 Å². The quantitative estimate of drug-likeness (QED) is 0.369. The first-order valence-corrected chi connectivity index (χ1v) is 3.76. The van der Waals surface area contributed by atoms with Crippen molar-refractivity contribution >= 4 is 0 Å². The van der Waals surface area contributed by atoms with Crippen LogP contribution in [0.1, 0.15) is 0 Å². The zero-order chi connectivity index (χ0) is 10.8. The Kier molecular flexibility index (Phi) is 1.59. The van der Waals surface area contributed by atoms with Crippen LogP contribution >= 0.6 is 0 Å². The molecule has 0 aromatic heterocycles. The molecule has 2 atom stereocenters. The van der Waals surface area contributed by atoms with E-state index in [1.807, 2.05) is 0 Å². The average Bonchev–Trinajstić information content (AvgIpc) is 2.77. The highest BCUT2D eigenvalue weighted by molar-refractivity contribution is 5.35. The molecule has 1 nitrogen and oxygen atoms in total. The van der Waals surface area contributed by atoms with Crippen molar-refractivity contribution in [1.82, 2.24) is 4.90 Å². The van der Waals surface area contributed by atoms with Crippen LogP contribution in [0, 0.1) is 0 Å². The molecule has 14 heavy (non-hydrogen) atoms. The van der Waals surface area contributed by atoms with Crippen LogP contribution in [0.5, 0.6) is 0 Å². The van der Waals surface area contributed by atoms with Crippen LogP contribution < -0.4 is 0 Å². The van der Waals surface area contributed by atoms with E-state index in [0.29, 0.717) is 0 Å². The number of hydrogen-bond donors (Lipinski definition) is 0. The summed E-state index contributed by atoms with van der Waals surface area (Å²) in [5.41, 5.74) is -2.13. The number of halogens is 6. The number of hydrogen-bond acceptors (Lipinski definition) is 1. The highest BCUT2D eigenvalue weighted by Crippen LogP contribution is 2.57. The topological polar surface area (TPSA) is 3.01 Å². The lowest BCUT2D eigenvalue weighted by Crippen LogP contribution is -2.52. The summed E-state index contributed by atoms with van der Waals surface area (Å²) < 4.78 is 75.9. The molecule has 0 aromatic rings. The molecular weight excluding hydrogens is 212 g/mol. The predicted octanol–water partition coefficient (Wildman–Crippen LogP) is 2.11. The molecule has 2 unspecified atom stereocenters. The van der Waals surface area contributed by atoms with Gasteiger partial charge in [0, 0.05) is 12.6 Å². The minimum atomic E-state index is -4.58. The van der Waals surface area contributed by atoms with E-state index in [4.69, 9.17) is 0 Å². The SMILES string of the molecule is FCC12CN1C(F)(F)C(F)(F)C=C2F. The van der Waals surface area contributed by atoms with Gasteiger partial charge in [-0.2, -0.15) is 17.6 Å². The molecule has 0 N–H and O–H groups in total. The monoisotopic (exact) mass is 217 g/mol. The first kappa shape index (κ1) is 9.82. The lowest BCUT2D eigenvalue weighted by atomic mass is 10.0. The van der Waals surface area contributed by atoms with E-state index in [2.05, 4.69) is 0 Å². The third-order valence-corrected chi connectivity index (χ3v) is 2.55. The number of nitrogens with zero attached hydrogens (tertiary/aromatic N) is 1. The first-order chi connectivity index (χ1) is 6.28. The third kappa shape index (κ3) is 0.858. The molecule has 7 heteroatoms. The van der Waals surface area contributed by atoms with E-state index in [9.17, 15) is 26.3 Å². The largest absolute Gasteiger partial charge is 0.372 e. The Balaban J connectivity index is 2.47. The van der Waals surface area contributed by atoms with Crippen molar-refractivity contribution in [2.45, 2.75) is 17.5 Å². The van der Waals surface area contributed by atoms with E-state index in [-0.39, 0.29) is 4.90 Å². The van der Waals surface area contributed by atoms with Gasteiger partial charge in [0.05, 0.1) is 0 Å². The van der Waals surface area contributed by atoms with Crippen LogP contribution in [0.25, 0.3) is 0 Å². The maximum absolute atomic E-state index is 12.9. The molecule has 1 fully saturated rings. The summed E-state index contributed by atoms with van der Waals surface area (Å²) in [6, 6.07) is -4.51. The molecule has 0 radical (unpaired) electrons. The molecule has 0 bridgehead atoms. The zero-order valence-electron chi connectivity index (χ0n) is 6.71. The summed E-state index contributed by atoms with van der Waals surface area (Å²) in [5, 5.41) is 0. The van der Waals surface area contributed by atoms with Gasteiger partial charge in [0.2, 0.25) is 0 Å². The van der Waals surface area contributed by atoms with Crippen molar-refractivity contribution in [2.75, 3.05) is 13.2 Å². The highest BCUT2D eigenvalue weighted by Gasteiger charge is 2.77. The molecule has 1 saturated heterocycles. The van der Waals surface area contributed by atoms with Crippen LogP contribution in [0.15, 0.2) is 11.9 Å². The van der Waals surface area contributed by atoms with Crippen molar-refractivity contribution in [2.24, 2.45) is 0 Å². The van der Waals surface area contributed by atoms with E-state index in [0.717, 1.165) is 0 Å². The Morgan fingerprint density at radius 1 is 1.29 bits per heavy atom. The lowest BCUT2D eigenvalue weighted by molar-refractivity contribution is -0.247. The van der Waals surface area contributed by atoms with Crippen LogP contribution in [0.3, 0.4) is 0 Å².